The average Bonchev–Trinajstić information content (AvgIpc) is 2.34. The molecule has 6 heteroatoms. The number of aliphatic hydroxyl groups excluding tert-OH is 1. The number of hydrogen-bond donors (Lipinski definition) is 1. The van der Waals surface area contributed by atoms with Crippen LogP contribution in [-0.4, -0.2) is 16.3 Å². The van der Waals surface area contributed by atoms with Gasteiger partial charge in [-0.05, 0) is 0 Å². The third kappa shape index (κ3) is 1.90. The molecule has 0 amide bonds. The summed E-state index contributed by atoms with van der Waals surface area (Å²) in [6.45, 7) is 0. The maximum absolute atomic E-state index is 11.7. The van der Waals surface area contributed by atoms with Gasteiger partial charge in [0.2, 0.25) is 0 Å². The summed E-state index contributed by atoms with van der Waals surface area (Å²) in [5.74, 6) is 0. The Kier molecular flexibility index (Phi) is 2.15. The van der Waals surface area contributed by atoms with Gasteiger partial charge in [-0.2, -0.15) is 13.2 Å². The molecular weight excluding hydrogens is 179 g/mol. The highest BCUT2D eigenvalue weighted by atomic mass is 32.1. The van der Waals surface area contributed by atoms with Crippen molar-refractivity contribution in [3.8, 4) is 0 Å². The molecule has 0 spiro atoms. The molecule has 0 saturated heterocycles. The number of alkyl halides is 3. The lowest BCUT2D eigenvalue weighted by molar-refractivity contribution is -0.205. The second-order valence-corrected chi connectivity index (χ2v) is 2.77. The number of nitrogens with zero attached hydrogens (tertiary/aromatic N) is 1. The summed E-state index contributed by atoms with van der Waals surface area (Å²) < 4.78 is 35.2. The van der Waals surface area contributed by atoms with Crippen LogP contribution in [0.25, 0.3) is 0 Å². The standard InChI is InChI=1S/C5H4F3NOS/c6-5(7,8)4(10)3-1-9-2-11-3/h1-2,4,10H/t4-/m1/s1. The first-order valence-electron chi connectivity index (χ1n) is 2.65. The zero-order valence-electron chi connectivity index (χ0n) is 5.17. The quantitative estimate of drug-likeness (QED) is 0.719. The Hall–Kier alpha value is -0.620. The summed E-state index contributed by atoms with van der Waals surface area (Å²) in [6, 6.07) is 0. The van der Waals surface area contributed by atoms with Crippen molar-refractivity contribution >= 4 is 11.3 Å². The van der Waals surface area contributed by atoms with Crippen LogP contribution >= 0.6 is 11.3 Å². The Morgan fingerprint density at radius 2 is 2.18 bits per heavy atom. The smallest absolute Gasteiger partial charge is 0.379 e. The second-order valence-electron chi connectivity index (χ2n) is 1.85. The molecule has 62 valence electrons. The fourth-order valence-corrected chi connectivity index (χ4v) is 1.15. The van der Waals surface area contributed by atoms with Gasteiger partial charge < -0.3 is 5.11 Å². The molecule has 1 N–H and O–H groups in total. The monoisotopic (exact) mass is 183 g/mol. The van der Waals surface area contributed by atoms with E-state index < -0.39 is 12.3 Å². The van der Waals surface area contributed by atoms with E-state index >= 15 is 0 Å². The summed E-state index contributed by atoms with van der Waals surface area (Å²) in [4.78, 5) is 3.23. The van der Waals surface area contributed by atoms with Gasteiger partial charge in [-0.3, -0.25) is 4.98 Å². The minimum Gasteiger partial charge on any atom is -0.379 e. The first kappa shape index (κ1) is 8.48. The molecule has 0 aromatic carbocycles. The highest BCUT2D eigenvalue weighted by Crippen LogP contribution is 2.33. The molecule has 0 aliphatic heterocycles. The number of aliphatic hydroxyl groups is 1. The average molecular weight is 183 g/mol. The predicted octanol–water partition coefficient (Wildman–Crippen LogP) is 1.74. The predicted molar refractivity (Wildman–Crippen MR) is 33.1 cm³/mol. The van der Waals surface area contributed by atoms with Gasteiger partial charge in [0.1, 0.15) is 0 Å². The van der Waals surface area contributed by atoms with E-state index in [4.69, 9.17) is 5.11 Å². The maximum Gasteiger partial charge on any atom is 0.419 e. The SMILES string of the molecule is O[C@H](c1cncs1)C(F)(F)F. The van der Waals surface area contributed by atoms with Crippen LogP contribution in [0.15, 0.2) is 11.7 Å². The van der Waals surface area contributed by atoms with Gasteiger partial charge in [0, 0.05) is 6.20 Å². The molecule has 2 nitrogen and oxygen atoms in total. The van der Waals surface area contributed by atoms with Gasteiger partial charge in [-0.1, -0.05) is 0 Å². The van der Waals surface area contributed by atoms with E-state index in [-0.39, 0.29) is 4.88 Å². The zero-order valence-corrected chi connectivity index (χ0v) is 5.99. The number of aromatic nitrogens is 1. The van der Waals surface area contributed by atoms with E-state index in [0.717, 1.165) is 17.5 Å². The van der Waals surface area contributed by atoms with Gasteiger partial charge in [0.05, 0.1) is 10.4 Å². The number of rotatable bonds is 1. The molecule has 0 radical (unpaired) electrons. The van der Waals surface area contributed by atoms with E-state index in [0.29, 0.717) is 0 Å². The third-order valence-electron chi connectivity index (χ3n) is 1.03. The molecule has 1 rings (SSSR count). The molecule has 1 atom stereocenters. The van der Waals surface area contributed by atoms with Crippen molar-refractivity contribution in [1.82, 2.24) is 4.98 Å². The molecule has 0 fully saturated rings. The lowest BCUT2D eigenvalue weighted by atomic mass is 10.3. The number of thiazole rings is 1. The minimum atomic E-state index is -4.59. The van der Waals surface area contributed by atoms with Crippen LogP contribution in [0.5, 0.6) is 0 Å². The van der Waals surface area contributed by atoms with Crippen molar-refractivity contribution in [3.63, 3.8) is 0 Å². The van der Waals surface area contributed by atoms with Gasteiger partial charge in [0.15, 0.2) is 6.10 Å². The van der Waals surface area contributed by atoms with Crippen LogP contribution in [0.3, 0.4) is 0 Å². The molecule has 0 saturated carbocycles. The third-order valence-corrected chi connectivity index (χ3v) is 1.86. The highest BCUT2D eigenvalue weighted by Gasteiger charge is 2.40. The Labute approximate surface area is 64.3 Å². The maximum atomic E-state index is 11.7. The van der Waals surface area contributed by atoms with Crippen LogP contribution in [0.2, 0.25) is 0 Å². The molecule has 0 aliphatic rings. The number of hydrogen-bond acceptors (Lipinski definition) is 3. The van der Waals surface area contributed by atoms with Crippen LogP contribution in [0.1, 0.15) is 11.0 Å². The van der Waals surface area contributed by atoms with E-state index in [2.05, 4.69) is 4.98 Å². The van der Waals surface area contributed by atoms with Crippen molar-refractivity contribution in [3.05, 3.63) is 16.6 Å². The molecule has 1 aromatic heterocycles. The Bertz CT molecular complexity index is 220. The zero-order chi connectivity index (χ0) is 8.48. The van der Waals surface area contributed by atoms with Crippen LogP contribution in [-0.2, 0) is 0 Å². The lowest BCUT2D eigenvalue weighted by Crippen LogP contribution is -2.18. The summed E-state index contributed by atoms with van der Waals surface area (Å²) >= 11 is 0.777. The van der Waals surface area contributed by atoms with Crippen LogP contribution in [0.4, 0.5) is 13.2 Å². The topological polar surface area (TPSA) is 33.1 Å². The molecule has 1 aromatic rings. The first-order valence-corrected chi connectivity index (χ1v) is 3.53. The Morgan fingerprint density at radius 3 is 2.55 bits per heavy atom. The first-order chi connectivity index (χ1) is 5.02. The van der Waals surface area contributed by atoms with Gasteiger partial charge in [-0.15, -0.1) is 11.3 Å². The fraction of sp³-hybridized carbons (Fsp3) is 0.400. The van der Waals surface area contributed by atoms with Gasteiger partial charge in [-0.25, -0.2) is 0 Å². The fourth-order valence-electron chi connectivity index (χ4n) is 0.522. The van der Waals surface area contributed by atoms with Gasteiger partial charge >= 0.3 is 6.18 Å². The second kappa shape index (κ2) is 2.78. The summed E-state index contributed by atoms with van der Waals surface area (Å²) in [5.41, 5.74) is 1.24. The normalized spacial score (nSPS) is 14.9. The van der Waals surface area contributed by atoms with E-state index in [9.17, 15) is 13.2 Å². The van der Waals surface area contributed by atoms with E-state index in [1.165, 1.54) is 5.51 Å². The molecular formula is C5H4F3NOS. The van der Waals surface area contributed by atoms with E-state index in [1.807, 2.05) is 0 Å². The number of halogens is 3. The van der Waals surface area contributed by atoms with E-state index in [1.54, 1.807) is 0 Å². The van der Waals surface area contributed by atoms with Crippen LogP contribution in [0, 0.1) is 0 Å². The van der Waals surface area contributed by atoms with Crippen molar-refractivity contribution in [2.45, 2.75) is 12.3 Å². The summed E-state index contributed by atoms with van der Waals surface area (Å²) in [5, 5.41) is 8.59. The largest absolute Gasteiger partial charge is 0.419 e. The van der Waals surface area contributed by atoms with Crippen molar-refractivity contribution < 1.29 is 18.3 Å². The lowest BCUT2D eigenvalue weighted by Gasteiger charge is -2.11. The van der Waals surface area contributed by atoms with Crippen molar-refractivity contribution in [1.29, 1.82) is 0 Å². The summed E-state index contributed by atoms with van der Waals surface area (Å²) in [7, 11) is 0. The molecule has 0 unspecified atom stereocenters. The van der Waals surface area contributed by atoms with Crippen molar-refractivity contribution in [2.24, 2.45) is 0 Å². The molecule has 1 heterocycles. The van der Waals surface area contributed by atoms with Crippen LogP contribution < -0.4 is 0 Å². The molecule has 11 heavy (non-hydrogen) atoms. The summed E-state index contributed by atoms with van der Waals surface area (Å²) in [6.07, 6.45) is -5.98. The Balaban J connectivity index is 2.78. The molecule has 0 bridgehead atoms. The Morgan fingerprint density at radius 1 is 1.55 bits per heavy atom. The van der Waals surface area contributed by atoms with Crippen molar-refractivity contribution in [2.75, 3.05) is 0 Å². The van der Waals surface area contributed by atoms with Gasteiger partial charge in [0.25, 0.3) is 0 Å². The highest BCUT2D eigenvalue weighted by molar-refractivity contribution is 7.09. The minimum absolute atomic E-state index is 0.183. The molecule has 0 aliphatic carbocycles.